The predicted molar refractivity (Wildman–Crippen MR) is 59.3 cm³/mol. The lowest BCUT2D eigenvalue weighted by atomic mass is 10.1. The van der Waals surface area contributed by atoms with E-state index in [1.54, 1.807) is 18.2 Å². The van der Waals surface area contributed by atoms with E-state index in [0.717, 1.165) is 0 Å². The molecule has 84 valence electrons. The average molecular weight is 231 g/mol. The smallest absolute Gasteiger partial charge is 0.137 e. The molecule has 0 fully saturated rings. The third-order valence-corrected chi connectivity index (χ3v) is 2.35. The molecule has 0 saturated heterocycles. The minimum absolute atomic E-state index is 0.439. The molecule has 0 aliphatic carbocycles. The Balaban J connectivity index is 2.90. The summed E-state index contributed by atoms with van der Waals surface area (Å²) in [6.45, 7) is 3.93. The van der Waals surface area contributed by atoms with Crippen LogP contribution >= 0.6 is 11.6 Å². The first-order chi connectivity index (χ1) is 7.06. The van der Waals surface area contributed by atoms with Crippen LogP contribution in [0, 0.1) is 0 Å². The summed E-state index contributed by atoms with van der Waals surface area (Å²) in [7, 11) is 0. The Kier molecular flexibility index (Phi) is 4.39. The molecule has 1 aromatic rings. The molecule has 15 heavy (non-hydrogen) atoms. The first kappa shape index (κ1) is 12.3. The topological polar surface area (TPSA) is 49.7 Å². The molecule has 2 atom stereocenters. The molecule has 0 aliphatic heterocycles. The van der Waals surface area contributed by atoms with Gasteiger partial charge in [-0.1, -0.05) is 17.7 Å². The van der Waals surface area contributed by atoms with Crippen LogP contribution < -0.4 is 4.74 Å². The fourth-order valence-corrected chi connectivity index (χ4v) is 1.50. The van der Waals surface area contributed by atoms with E-state index in [4.69, 9.17) is 16.3 Å². The second-order valence-electron chi connectivity index (χ2n) is 3.31. The van der Waals surface area contributed by atoms with E-state index < -0.39 is 12.2 Å². The number of hydrogen-bond donors (Lipinski definition) is 2. The number of aliphatic hydroxyl groups excluding tert-OH is 2. The van der Waals surface area contributed by atoms with Gasteiger partial charge in [-0.15, -0.1) is 0 Å². The van der Waals surface area contributed by atoms with Gasteiger partial charge in [-0.25, -0.2) is 0 Å². The third-order valence-electron chi connectivity index (χ3n) is 2.05. The lowest BCUT2D eigenvalue weighted by Gasteiger charge is -2.15. The summed E-state index contributed by atoms with van der Waals surface area (Å²) in [6.07, 6.45) is -1.74. The second kappa shape index (κ2) is 5.35. The van der Waals surface area contributed by atoms with E-state index in [2.05, 4.69) is 0 Å². The van der Waals surface area contributed by atoms with E-state index >= 15 is 0 Å². The van der Waals surface area contributed by atoms with E-state index in [0.29, 0.717) is 22.9 Å². The Morgan fingerprint density at radius 1 is 1.40 bits per heavy atom. The lowest BCUT2D eigenvalue weighted by molar-refractivity contribution is 0.0305. The van der Waals surface area contributed by atoms with Crippen molar-refractivity contribution < 1.29 is 14.9 Å². The molecule has 1 rings (SSSR count). The molecule has 0 aliphatic rings. The summed E-state index contributed by atoms with van der Waals surface area (Å²) in [6, 6.07) is 4.98. The highest BCUT2D eigenvalue weighted by Crippen LogP contribution is 2.28. The Bertz CT molecular complexity index is 326. The van der Waals surface area contributed by atoms with Gasteiger partial charge in [0.15, 0.2) is 0 Å². The molecule has 2 unspecified atom stereocenters. The van der Waals surface area contributed by atoms with Crippen LogP contribution in [0.3, 0.4) is 0 Å². The van der Waals surface area contributed by atoms with Crippen LogP contribution in [0.4, 0.5) is 0 Å². The highest BCUT2D eigenvalue weighted by atomic mass is 35.5. The van der Waals surface area contributed by atoms with Gasteiger partial charge in [0.1, 0.15) is 11.9 Å². The van der Waals surface area contributed by atoms with E-state index in [-0.39, 0.29) is 0 Å². The minimum atomic E-state index is -0.918. The largest absolute Gasteiger partial charge is 0.492 e. The van der Waals surface area contributed by atoms with Crippen molar-refractivity contribution in [2.75, 3.05) is 6.61 Å². The molecular formula is C11H15ClO3. The molecule has 0 bridgehead atoms. The molecule has 0 radical (unpaired) electrons. The summed E-state index contributed by atoms with van der Waals surface area (Å²) in [4.78, 5) is 0. The van der Waals surface area contributed by atoms with Crippen LogP contribution in [0.15, 0.2) is 18.2 Å². The van der Waals surface area contributed by atoms with E-state index in [1.165, 1.54) is 6.92 Å². The second-order valence-corrected chi connectivity index (χ2v) is 3.72. The number of hydrogen-bond acceptors (Lipinski definition) is 3. The van der Waals surface area contributed by atoms with E-state index in [9.17, 15) is 10.2 Å². The van der Waals surface area contributed by atoms with Gasteiger partial charge in [0.2, 0.25) is 0 Å². The molecule has 2 N–H and O–H groups in total. The number of halogens is 1. The van der Waals surface area contributed by atoms with Crippen molar-refractivity contribution in [3.8, 4) is 5.75 Å². The number of rotatable bonds is 4. The van der Waals surface area contributed by atoms with Crippen molar-refractivity contribution in [2.45, 2.75) is 26.1 Å². The van der Waals surface area contributed by atoms with Crippen LogP contribution in [0.25, 0.3) is 0 Å². The molecule has 0 saturated carbocycles. The van der Waals surface area contributed by atoms with Crippen molar-refractivity contribution >= 4 is 11.6 Å². The van der Waals surface area contributed by atoms with Crippen LogP contribution in [-0.2, 0) is 0 Å². The normalized spacial score (nSPS) is 14.7. The summed E-state index contributed by atoms with van der Waals surface area (Å²) in [5, 5.41) is 19.2. The maximum absolute atomic E-state index is 9.59. The summed E-state index contributed by atoms with van der Waals surface area (Å²) >= 11 is 5.94. The number of benzene rings is 1. The molecule has 0 aromatic heterocycles. The number of aliphatic hydroxyl groups is 2. The van der Waals surface area contributed by atoms with E-state index in [1.807, 2.05) is 6.92 Å². The Morgan fingerprint density at radius 2 is 2.07 bits per heavy atom. The van der Waals surface area contributed by atoms with Crippen molar-refractivity contribution in [2.24, 2.45) is 0 Å². The van der Waals surface area contributed by atoms with Crippen molar-refractivity contribution in [1.82, 2.24) is 0 Å². The maximum atomic E-state index is 9.59. The quantitative estimate of drug-likeness (QED) is 0.834. The molecule has 4 heteroatoms. The molecular weight excluding hydrogens is 216 g/mol. The highest BCUT2D eigenvalue weighted by Gasteiger charge is 2.14. The standard InChI is InChI=1S/C11H15ClO3/c1-3-15-10-5-4-8(6-9(10)12)11(14)7(2)13/h4-7,11,13-14H,3H2,1-2H3. The van der Waals surface area contributed by atoms with Crippen molar-refractivity contribution in [3.05, 3.63) is 28.8 Å². The van der Waals surface area contributed by atoms with Crippen LogP contribution in [-0.4, -0.2) is 22.9 Å². The monoisotopic (exact) mass is 230 g/mol. The summed E-state index contributed by atoms with van der Waals surface area (Å²) in [5.74, 6) is 0.584. The highest BCUT2D eigenvalue weighted by molar-refractivity contribution is 6.32. The van der Waals surface area contributed by atoms with Gasteiger partial charge in [-0.2, -0.15) is 0 Å². The zero-order valence-corrected chi connectivity index (χ0v) is 9.53. The molecule has 3 nitrogen and oxygen atoms in total. The van der Waals surface area contributed by atoms with Crippen LogP contribution in [0.1, 0.15) is 25.5 Å². The first-order valence-corrected chi connectivity index (χ1v) is 5.22. The van der Waals surface area contributed by atoms with Gasteiger partial charge in [0.25, 0.3) is 0 Å². The van der Waals surface area contributed by atoms with Crippen LogP contribution in [0.2, 0.25) is 5.02 Å². The first-order valence-electron chi connectivity index (χ1n) is 4.84. The molecule has 0 heterocycles. The minimum Gasteiger partial charge on any atom is -0.492 e. The van der Waals surface area contributed by atoms with Crippen LogP contribution in [0.5, 0.6) is 5.75 Å². The lowest BCUT2D eigenvalue weighted by Crippen LogP contribution is -2.13. The molecule has 0 spiro atoms. The maximum Gasteiger partial charge on any atom is 0.137 e. The summed E-state index contributed by atoms with van der Waals surface area (Å²) < 4.78 is 5.26. The fraction of sp³-hybridized carbons (Fsp3) is 0.455. The van der Waals surface area contributed by atoms with Gasteiger partial charge in [0.05, 0.1) is 17.7 Å². The average Bonchev–Trinajstić information content (AvgIpc) is 2.20. The Morgan fingerprint density at radius 3 is 2.53 bits per heavy atom. The fourth-order valence-electron chi connectivity index (χ4n) is 1.25. The van der Waals surface area contributed by atoms with Gasteiger partial charge < -0.3 is 14.9 Å². The zero-order valence-electron chi connectivity index (χ0n) is 8.77. The van der Waals surface area contributed by atoms with Gasteiger partial charge >= 0.3 is 0 Å². The molecule has 1 aromatic carbocycles. The van der Waals surface area contributed by atoms with Gasteiger partial charge in [0, 0.05) is 0 Å². The SMILES string of the molecule is CCOc1ccc(C(O)C(C)O)cc1Cl. The van der Waals surface area contributed by atoms with Crippen molar-refractivity contribution in [3.63, 3.8) is 0 Å². The van der Waals surface area contributed by atoms with Gasteiger partial charge in [-0.05, 0) is 31.5 Å². The number of ether oxygens (including phenoxy) is 1. The molecule has 0 amide bonds. The Labute approximate surface area is 94.3 Å². The Hall–Kier alpha value is -0.770. The predicted octanol–water partition coefficient (Wildman–Crippen LogP) is 2.15. The van der Waals surface area contributed by atoms with Crippen molar-refractivity contribution in [1.29, 1.82) is 0 Å². The van der Waals surface area contributed by atoms with Gasteiger partial charge in [-0.3, -0.25) is 0 Å². The summed E-state index contributed by atoms with van der Waals surface area (Å²) in [5.41, 5.74) is 0.582. The zero-order chi connectivity index (χ0) is 11.4. The third kappa shape index (κ3) is 3.09.